The number of hydrogen-bond donors (Lipinski definition) is 1. The van der Waals surface area contributed by atoms with Crippen LogP contribution in [-0.2, 0) is 9.59 Å². The molecule has 1 saturated carbocycles. The molecule has 3 fully saturated rings. The second-order valence-corrected chi connectivity index (χ2v) is 6.86. The molecule has 1 spiro atoms. The summed E-state index contributed by atoms with van der Waals surface area (Å²) in [7, 11) is 0. The summed E-state index contributed by atoms with van der Waals surface area (Å²) in [5.74, 6) is 0.835. The molecule has 1 aliphatic carbocycles. The van der Waals surface area contributed by atoms with Crippen molar-refractivity contribution < 1.29 is 9.59 Å². The van der Waals surface area contributed by atoms with Crippen LogP contribution in [0.15, 0.2) is 0 Å². The molecule has 118 valence electrons. The maximum absolute atomic E-state index is 12.3. The zero-order chi connectivity index (χ0) is 15.0. The predicted molar refractivity (Wildman–Crippen MR) is 80.5 cm³/mol. The van der Waals surface area contributed by atoms with Crippen LogP contribution >= 0.6 is 0 Å². The topological polar surface area (TPSA) is 52.7 Å². The van der Waals surface area contributed by atoms with Crippen molar-refractivity contribution in [3.63, 3.8) is 0 Å². The van der Waals surface area contributed by atoms with Crippen molar-refractivity contribution in [3.05, 3.63) is 0 Å². The lowest BCUT2D eigenvalue weighted by atomic mass is 9.83. The first-order valence-corrected chi connectivity index (χ1v) is 8.43. The third-order valence-corrected chi connectivity index (χ3v) is 5.69. The summed E-state index contributed by atoms with van der Waals surface area (Å²) in [6.45, 7) is 6.25. The molecule has 0 radical (unpaired) electrons. The predicted octanol–water partition coefficient (Wildman–Crippen LogP) is 1.34. The molecule has 5 heteroatoms. The van der Waals surface area contributed by atoms with E-state index in [0.717, 1.165) is 45.2 Å². The SMILES string of the molecule is CCC(C)N1C(=O)CNC12CCN(C(=O)C1CCC1)CC2. The van der Waals surface area contributed by atoms with E-state index >= 15 is 0 Å². The van der Waals surface area contributed by atoms with Crippen molar-refractivity contribution in [1.82, 2.24) is 15.1 Å². The van der Waals surface area contributed by atoms with Crippen LogP contribution < -0.4 is 5.32 Å². The summed E-state index contributed by atoms with van der Waals surface area (Å²) in [6.07, 6.45) is 6.03. The number of carbonyl (C=O) groups is 2. The number of rotatable bonds is 3. The van der Waals surface area contributed by atoms with Crippen molar-refractivity contribution in [3.8, 4) is 0 Å². The lowest BCUT2D eigenvalue weighted by Crippen LogP contribution is -2.61. The van der Waals surface area contributed by atoms with Crippen LogP contribution in [0.5, 0.6) is 0 Å². The molecule has 3 rings (SSSR count). The van der Waals surface area contributed by atoms with Crippen LogP contribution in [0, 0.1) is 5.92 Å². The maximum atomic E-state index is 12.3. The highest BCUT2D eigenvalue weighted by atomic mass is 16.2. The Bertz CT molecular complexity index is 425. The molecule has 2 saturated heterocycles. The zero-order valence-electron chi connectivity index (χ0n) is 13.2. The van der Waals surface area contributed by atoms with Gasteiger partial charge in [-0.05, 0) is 26.2 Å². The van der Waals surface area contributed by atoms with Crippen molar-refractivity contribution in [2.75, 3.05) is 19.6 Å². The summed E-state index contributed by atoms with van der Waals surface area (Å²) >= 11 is 0. The van der Waals surface area contributed by atoms with Gasteiger partial charge in [0, 0.05) is 37.9 Å². The van der Waals surface area contributed by atoms with E-state index in [0.29, 0.717) is 12.5 Å². The summed E-state index contributed by atoms with van der Waals surface area (Å²) < 4.78 is 0. The first-order valence-electron chi connectivity index (χ1n) is 8.43. The molecule has 0 aromatic rings. The molecule has 5 nitrogen and oxygen atoms in total. The van der Waals surface area contributed by atoms with E-state index in [9.17, 15) is 9.59 Å². The van der Waals surface area contributed by atoms with E-state index in [1.165, 1.54) is 6.42 Å². The van der Waals surface area contributed by atoms with Gasteiger partial charge < -0.3 is 9.80 Å². The minimum absolute atomic E-state index is 0.205. The van der Waals surface area contributed by atoms with Crippen LogP contribution in [-0.4, -0.2) is 53.0 Å². The number of carbonyl (C=O) groups excluding carboxylic acids is 2. The lowest BCUT2D eigenvalue weighted by Gasteiger charge is -2.47. The number of nitrogens with one attached hydrogen (secondary N) is 1. The van der Waals surface area contributed by atoms with Crippen LogP contribution in [0.1, 0.15) is 52.4 Å². The van der Waals surface area contributed by atoms with Crippen molar-refractivity contribution in [2.45, 2.75) is 64.1 Å². The Labute approximate surface area is 127 Å². The average molecular weight is 293 g/mol. The fourth-order valence-electron chi connectivity index (χ4n) is 3.93. The molecule has 0 bridgehead atoms. The number of piperidine rings is 1. The van der Waals surface area contributed by atoms with E-state index in [4.69, 9.17) is 0 Å². The van der Waals surface area contributed by atoms with Crippen molar-refractivity contribution in [1.29, 1.82) is 0 Å². The largest absolute Gasteiger partial charge is 0.342 e. The highest BCUT2D eigenvalue weighted by Crippen LogP contribution is 2.35. The highest BCUT2D eigenvalue weighted by molar-refractivity contribution is 5.82. The first-order chi connectivity index (χ1) is 10.1. The Morgan fingerprint density at radius 1 is 1.38 bits per heavy atom. The zero-order valence-corrected chi connectivity index (χ0v) is 13.2. The monoisotopic (exact) mass is 293 g/mol. The molecule has 2 aliphatic heterocycles. The third-order valence-electron chi connectivity index (χ3n) is 5.69. The molecule has 21 heavy (non-hydrogen) atoms. The summed E-state index contributed by atoms with van der Waals surface area (Å²) in [5, 5.41) is 3.44. The highest BCUT2D eigenvalue weighted by Gasteiger charge is 2.49. The van der Waals surface area contributed by atoms with Gasteiger partial charge in [-0.2, -0.15) is 0 Å². The van der Waals surface area contributed by atoms with Crippen LogP contribution in [0.3, 0.4) is 0 Å². The fourth-order valence-corrected chi connectivity index (χ4v) is 3.93. The number of hydrogen-bond acceptors (Lipinski definition) is 3. The maximum Gasteiger partial charge on any atom is 0.238 e. The second kappa shape index (κ2) is 5.59. The minimum atomic E-state index is -0.205. The Morgan fingerprint density at radius 3 is 2.57 bits per heavy atom. The van der Waals surface area contributed by atoms with Crippen LogP contribution in [0.2, 0.25) is 0 Å². The van der Waals surface area contributed by atoms with E-state index < -0.39 is 0 Å². The molecule has 1 N–H and O–H groups in total. The quantitative estimate of drug-likeness (QED) is 0.854. The van der Waals surface area contributed by atoms with Gasteiger partial charge in [-0.3, -0.25) is 14.9 Å². The summed E-state index contributed by atoms with van der Waals surface area (Å²) in [6, 6.07) is 0.265. The molecule has 1 unspecified atom stereocenters. The molecule has 0 aromatic carbocycles. The standard InChI is InChI=1S/C16H27N3O2/c1-3-12(2)19-14(20)11-17-16(19)7-9-18(10-8-16)15(21)13-5-4-6-13/h12-13,17H,3-11H2,1-2H3. The van der Waals surface area contributed by atoms with Gasteiger partial charge >= 0.3 is 0 Å². The van der Waals surface area contributed by atoms with Crippen LogP contribution in [0.25, 0.3) is 0 Å². The summed E-state index contributed by atoms with van der Waals surface area (Å²) in [4.78, 5) is 28.6. The molecule has 1 atom stereocenters. The van der Waals surface area contributed by atoms with Gasteiger partial charge in [0.05, 0.1) is 12.2 Å². The van der Waals surface area contributed by atoms with Crippen molar-refractivity contribution in [2.24, 2.45) is 5.92 Å². The van der Waals surface area contributed by atoms with Gasteiger partial charge in [-0.1, -0.05) is 13.3 Å². The fraction of sp³-hybridized carbons (Fsp3) is 0.875. The van der Waals surface area contributed by atoms with Gasteiger partial charge in [0.1, 0.15) is 0 Å². The Kier molecular flexibility index (Phi) is 3.95. The Hall–Kier alpha value is -1.10. The Balaban J connectivity index is 1.65. The van der Waals surface area contributed by atoms with Gasteiger partial charge in [-0.25, -0.2) is 0 Å². The third kappa shape index (κ3) is 2.45. The molecule has 3 aliphatic rings. The van der Waals surface area contributed by atoms with E-state index in [1.807, 2.05) is 4.90 Å². The van der Waals surface area contributed by atoms with Gasteiger partial charge in [-0.15, -0.1) is 0 Å². The number of nitrogens with zero attached hydrogens (tertiary/aromatic N) is 2. The second-order valence-electron chi connectivity index (χ2n) is 6.86. The summed E-state index contributed by atoms with van der Waals surface area (Å²) in [5.41, 5.74) is -0.205. The molecule has 2 amide bonds. The lowest BCUT2D eigenvalue weighted by molar-refractivity contribution is -0.143. The molecule has 2 heterocycles. The van der Waals surface area contributed by atoms with Gasteiger partial charge in [0.2, 0.25) is 11.8 Å². The van der Waals surface area contributed by atoms with Gasteiger partial charge in [0.15, 0.2) is 0 Å². The van der Waals surface area contributed by atoms with E-state index in [-0.39, 0.29) is 23.5 Å². The van der Waals surface area contributed by atoms with Crippen molar-refractivity contribution >= 4 is 11.8 Å². The van der Waals surface area contributed by atoms with Crippen LogP contribution in [0.4, 0.5) is 0 Å². The van der Waals surface area contributed by atoms with E-state index in [1.54, 1.807) is 0 Å². The Morgan fingerprint density at radius 2 is 2.05 bits per heavy atom. The molecule has 0 aromatic heterocycles. The normalized spacial score (nSPS) is 27.0. The minimum Gasteiger partial charge on any atom is -0.342 e. The molecular weight excluding hydrogens is 266 g/mol. The average Bonchev–Trinajstić information content (AvgIpc) is 2.74. The first kappa shape index (κ1) is 14.8. The molecular formula is C16H27N3O2. The van der Waals surface area contributed by atoms with Gasteiger partial charge in [0.25, 0.3) is 0 Å². The smallest absolute Gasteiger partial charge is 0.238 e. The number of likely N-dealkylation sites (tertiary alicyclic amines) is 1. The van der Waals surface area contributed by atoms with E-state index in [2.05, 4.69) is 24.1 Å². The number of amides is 2.